The molecule has 1 aliphatic rings. The molecule has 2 aromatic carbocycles. The van der Waals surface area contributed by atoms with Crippen LogP contribution < -0.4 is 0 Å². The molecule has 1 unspecified atom stereocenters. The van der Waals surface area contributed by atoms with Crippen molar-refractivity contribution in [1.82, 2.24) is 15.2 Å². The van der Waals surface area contributed by atoms with Gasteiger partial charge in [-0.15, -0.1) is 10.2 Å². The monoisotopic (exact) mass is 329 g/mol. The summed E-state index contributed by atoms with van der Waals surface area (Å²) in [5, 5.41) is 8.80. The summed E-state index contributed by atoms with van der Waals surface area (Å²) < 4.78 is 0. The number of hydrogen-bond acceptors (Lipinski definition) is 4. The maximum Gasteiger partial charge on any atom is 0.162 e. The number of carbonyl (C=O) groups excluding carboxylic acids is 1. The van der Waals surface area contributed by atoms with E-state index in [4.69, 9.17) is 4.98 Å². The van der Waals surface area contributed by atoms with E-state index in [1.165, 1.54) is 0 Å². The molecular formula is C21H19N3O. The summed E-state index contributed by atoms with van der Waals surface area (Å²) in [5.41, 5.74) is 3.50. The highest BCUT2D eigenvalue weighted by molar-refractivity contribution is 5.86. The second kappa shape index (κ2) is 6.93. The fraction of sp³-hybridized carbons (Fsp3) is 0.238. The van der Waals surface area contributed by atoms with Gasteiger partial charge in [0.1, 0.15) is 17.2 Å². The minimum absolute atomic E-state index is 0.214. The fourth-order valence-electron chi connectivity index (χ4n) is 3.33. The van der Waals surface area contributed by atoms with Gasteiger partial charge in [-0.3, -0.25) is 4.79 Å². The maximum atomic E-state index is 12.3. The van der Waals surface area contributed by atoms with E-state index in [2.05, 4.69) is 10.2 Å². The van der Waals surface area contributed by atoms with Crippen LogP contribution in [0.1, 0.15) is 37.4 Å². The molecule has 25 heavy (non-hydrogen) atoms. The average Bonchev–Trinajstić information content (AvgIpc) is 2.69. The van der Waals surface area contributed by atoms with E-state index in [0.717, 1.165) is 41.8 Å². The van der Waals surface area contributed by atoms with Crippen molar-refractivity contribution in [3.8, 4) is 22.5 Å². The summed E-state index contributed by atoms with van der Waals surface area (Å²) in [6, 6.07) is 19.9. The van der Waals surface area contributed by atoms with Crippen LogP contribution in [0.5, 0.6) is 0 Å². The van der Waals surface area contributed by atoms with E-state index >= 15 is 0 Å². The molecule has 1 atom stereocenters. The van der Waals surface area contributed by atoms with Gasteiger partial charge in [0.15, 0.2) is 5.82 Å². The second-order valence-electron chi connectivity index (χ2n) is 6.36. The Hall–Kier alpha value is -2.88. The van der Waals surface area contributed by atoms with E-state index in [1.807, 2.05) is 60.7 Å². The van der Waals surface area contributed by atoms with Crippen molar-refractivity contribution in [1.29, 1.82) is 0 Å². The first-order valence-electron chi connectivity index (χ1n) is 8.71. The van der Waals surface area contributed by atoms with Crippen LogP contribution in [0, 0.1) is 0 Å². The number of Topliss-reactive ketones (excluding diaryl/α,β-unsaturated/α-hetero) is 1. The topological polar surface area (TPSA) is 55.7 Å². The molecule has 0 saturated heterocycles. The Kier molecular flexibility index (Phi) is 4.34. The van der Waals surface area contributed by atoms with Gasteiger partial charge in [-0.1, -0.05) is 67.1 Å². The number of nitrogens with zero attached hydrogens (tertiary/aromatic N) is 3. The molecule has 4 heteroatoms. The van der Waals surface area contributed by atoms with Gasteiger partial charge in [0.05, 0.1) is 5.92 Å². The van der Waals surface area contributed by atoms with Crippen LogP contribution in [0.2, 0.25) is 0 Å². The van der Waals surface area contributed by atoms with Crippen molar-refractivity contribution in [3.63, 3.8) is 0 Å². The zero-order valence-corrected chi connectivity index (χ0v) is 13.9. The summed E-state index contributed by atoms with van der Waals surface area (Å²) in [6.45, 7) is 0. The van der Waals surface area contributed by atoms with Crippen LogP contribution in [0.3, 0.4) is 0 Å². The third-order valence-corrected chi connectivity index (χ3v) is 4.66. The van der Waals surface area contributed by atoms with E-state index < -0.39 is 0 Å². The molecule has 0 amide bonds. The summed E-state index contributed by atoms with van der Waals surface area (Å²) in [4.78, 5) is 17.1. The van der Waals surface area contributed by atoms with Crippen molar-refractivity contribution < 1.29 is 4.79 Å². The lowest BCUT2D eigenvalue weighted by Crippen LogP contribution is -2.20. The molecule has 1 saturated carbocycles. The van der Waals surface area contributed by atoms with Crippen LogP contribution in [-0.2, 0) is 4.79 Å². The molecule has 4 nitrogen and oxygen atoms in total. The minimum atomic E-state index is -0.214. The Morgan fingerprint density at radius 2 is 1.40 bits per heavy atom. The Balaban J connectivity index is 1.84. The van der Waals surface area contributed by atoms with E-state index in [-0.39, 0.29) is 11.7 Å². The van der Waals surface area contributed by atoms with Crippen molar-refractivity contribution in [2.75, 3.05) is 0 Å². The molecular weight excluding hydrogens is 310 g/mol. The molecule has 1 heterocycles. The lowest BCUT2D eigenvalue weighted by Gasteiger charge is -2.19. The first-order chi connectivity index (χ1) is 12.3. The molecule has 0 radical (unpaired) electrons. The van der Waals surface area contributed by atoms with Gasteiger partial charge < -0.3 is 0 Å². The van der Waals surface area contributed by atoms with Gasteiger partial charge in [-0.25, -0.2) is 4.98 Å². The van der Waals surface area contributed by atoms with Crippen LogP contribution in [0.4, 0.5) is 0 Å². The third-order valence-electron chi connectivity index (χ3n) is 4.66. The number of ketones is 1. The molecule has 0 spiro atoms. The van der Waals surface area contributed by atoms with Gasteiger partial charge in [-0.05, 0) is 12.8 Å². The van der Waals surface area contributed by atoms with Crippen LogP contribution >= 0.6 is 0 Å². The smallest absolute Gasteiger partial charge is 0.162 e. The Bertz CT molecular complexity index is 878. The number of benzene rings is 2. The highest BCUT2D eigenvalue weighted by Crippen LogP contribution is 2.32. The standard InChI is InChI=1S/C21H19N3O/c25-18-14-8-7-13-17(18)21-22-19(15-9-3-1-4-10-15)20(23-24-21)16-11-5-2-6-12-16/h1-6,9-12,17H,7-8,13-14H2. The SMILES string of the molecule is O=C1CCCCC1c1nnc(-c2ccccc2)c(-c2ccccc2)n1. The molecule has 1 fully saturated rings. The van der Waals surface area contributed by atoms with Gasteiger partial charge in [-0.2, -0.15) is 0 Å². The molecule has 1 aliphatic carbocycles. The number of aromatic nitrogens is 3. The lowest BCUT2D eigenvalue weighted by atomic mass is 9.87. The van der Waals surface area contributed by atoms with Crippen LogP contribution in [0.25, 0.3) is 22.5 Å². The van der Waals surface area contributed by atoms with E-state index in [0.29, 0.717) is 12.2 Å². The predicted molar refractivity (Wildman–Crippen MR) is 96.9 cm³/mol. The largest absolute Gasteiger partial charge is 0.299 e. The molecule has 0 bridgehead atoms. The highest BCUT2D eigenvalue weighted by atomic mass is 16.1. The minimum Gasteiger partial charge on any atom is -0.299 e. The van der Waals surface area contributed by atoms with Gasteiger partial charge in [0, 0.05) is 17.5 Å². The van der Waals surface area contributed by atoms with E-state index in [1.54, 1.807) is 0 Å². The van der Waals surface area contributed by atoms with Gasteiger partial charge in [0.2, 0.25) is 0 Å². The zero-order chi connectivity index (χ0) is 17.1. The van der Waals surface area contributed by atoms with Crippen molar-refractivity contribution in [2.45, 2.75) is 31.6 Å². The summed E-state index contributed by atoms with van der Waals surface area (Å²) in [7, 11) is 0. The Morgan fingerprint density at radius 1 is 0.760 bits per heavy atom. The van der Waals surface area contributed by atoms with Gasteiger partial charge >= 0.3 is 0 Å². The zero-order valence-electron chi connectivity index (χ0n) is 13.9. The maximum absolute atomic E-state index is 12.3. The van der Waals surface area contributed by atoms with Gasteiger partial charge in [0.25, 0.3) is 0 Å². The van der Waals surface area contributed by atoms with Crippen molar-refractivity contribution in [2.24, 2.45) is 0 Å². The first-order valence-corrected chi connectivity index (χ1v) is 8.71. The lowest BCUT2D eigenvalue weighted by molar-refractivity contribution is -0.122. The third kappa shape index (κ3) is 3.20. The van der Waals surface area contributed by atoms with Crippen molar-refractivity contribution >= 4 is 5.78 Å². The number of carbonyl (C=O) groups is 1. The number of hydrogen-bond donors (Lipinski definition) is 0. The average molecular weight is 329 g/mol. The fourth-order valence-corrected chi connectivity index (χ4v) is 3.33. The second-order valence-corrected chi connectivity index (χ2v) is 6.36. The van der Waals surface area contributed by atoms with Crippen LogP contribution in [0.15, 0.2) is 60.7 Å². The number of rotatable bonds is 3. The normalized spacial score (nSPS) is 17.4. The van der Waals surface area contributed by atoms with E-state index in [9.17, 15) is 4.79 Å². The molecule has 1 aromatic heterocycles. The Labute approximate surface area is 147 Å². The predicted octanol–water partition coefficient (Wildman–Crippen LogP) is 4.43. The molecule has 0 aliphatic heterocycles. The molecule has 124 valence electrons. The van der Waals surface area contributed by atoms with Crippen LogP contribution in [-0.4, -0.2) is 21.0 Å². The first kappa shape index (κ1) is 15.6. The molecule has 0 N–H and O–H groups in total. The van der Waals surface area contributed by atoms with Crippen molar-refractivity contribution in [3.05, 3.63) is 66.5 Å². The summed E-state index contributed by atoms with van der Waals surface area (Å²) in [6.07, 6.45) is 3.45. The molecule has 3 aromatic rings. The summed E-state index contributed by atoms with van der Waals surface area (Å²) >= 11 is 0. The molecule has 4 rings (SSSR count). The highest BCUT2D eigenvalue weighted by Gasteiger charge is 2.28. The Morgan fingerprint density at radius 3 is 2.04 bits per heavy atom. The summed E-state index contributed by atoms with van der Waals surface area (Å²) in [5.74, 6) is 0.580. The quantitative estimate of drug-likeness (QED) is 0.713.